The molecule has 3 rings (SSSR count). The highest BCUT2D eigenvalue weighted by atomic mass is 32.2. The molecule has 1 aromatic carbocycles. The number of hydrogen-bond donors (Lipinski definition) is 1. The van der Waals surface area contributed by atoms with Gasteiger partial charge in [-0.05, 0) is 24.3 Å². The number of nitrogens with zero attached hydrogens (tertiary/aromatic N) is 3. The van der Waals surface area contributed by atoms with Crippen molar-refractivity contribution >= 4 is 15.7 Å². The van der Waals surface area contributed by atoms with Gasteiger partial charge in [-0.15, -0.1) is 0 Å². The minimum atomic E-state index is -3.79. The number of piperidine rings is 1. The number of pyridine rings is 1. The number of alkyl halides is 2. The first-order chi connectivity index (χ1) is 15.0. The van der Waals surface area contributed by atoms with Crippen LogP contribution in [0.1, 0.15) is 25.3 Å². The van der Waals surface area contributed by atoms with E-state index in [0.29, 0.717) is 31.0 Å². The van der Waals surface area contributed by atoms with Crippen LogP contribution < -0.4 is 10.3 Å². The second-order valence-corrected chi connectivity index (χ2v) is 9.27. The van der Waals surface area contributed by atoms with Gasteiger partial charge in [-0.1, -0.05) is 5.16 Å². The number of hydrogen-bond acceptors (Lipinski definition) is 7. The summed E-state index contributed by atoms with van der Waals surface area (Å²) < 4.78 is 58.2. The van der Waals surface area contributed by atoms with Crippen molar-refractivity contribution in [2.75, 3.05) is 13.1 Å². The normalized spacial score (nSPS) is 15.4. The van der Waals surface area contributed by atoms with Crippen LogP contribution in [0.4, 0.5) is 8.78 Å². The molecule has 174 valence electrons. The molecule has 0 radical (unpaired) electrons. The molecule has 0 atom stereocenters. The maximum atomic E-state index is 12.9. The Morgan fingerprint density at radius 1 is 1.16 bits per heavy atom. The molecule has 1 N–H and O–H groups in total. The van der Waals surface area contributed by atoms with E-state index < -0.39 is 16.1 Å². The number of aromatic hydroxyl groups is 1. The smallest absolute Gasteiger partial charge is 0.394 e. The van der Waals surface area contributed by atoms with E-state index in [1.54, 1.807) is 0 Å². The van der Waals surface area contributed by atoms with Crippen LogP contribution in [0.25, 0.3) is 0 Å². The number of benzene rings is 1. The monoisotopic (exact) mass is 471 g/mol. The Labute approximate surface area is 183 Å². The quantitative estimate of drug-likeness (QED) is 0.621. The minimum Gasteiger partial charge on any atom is -0.494 e. The molecule has 32 heavy (non-hydrogen) atoms. The maximum absolute atomic E-state index is 12.9. The molecule has 2 heterocycles. The lowest BCUT2D eigenvalue weighted by molar-refractivity contribution is -0.158. The summed E-state index contributed by atoms with van der Waals surface area (Å²) in [4.78, 5) is 16.9. The zero-order valence-electron chi connectivity index (χ0n) is 17.5. The minimum absolute atomic E-state index is 0.0135. The Hall–Kier alpha value is -2.99. The fourth-order valence-electron chi connectivity index (χ4n) is 3.07. The maximum Gasteiger partial charge on any atom is 0.394 e. The summed E-state index contributed by atoms with van der Waals surface area (Å²) in [5, 5.41) is 13.7. The summed E-state index contributed by atoms with van der Waals surface area (Å²) in [5.74, 6) is -0.323. The van der Waals surface area contributed by atoms with Crippen LogP contribution in [0.2, 0.25) is 0 Å². The standard InChI is InChI=1S/C20H23F2N3O6S/c1-20(21,22)31-16-3-5-17(6-4-16)32(28,29)25-9-7-15(8-10-25)23-30-13-14-11-18(26)24(2)19(27)12-14/h3-6,11-12,26H,7-10,13H2,1-2H3. The van der Waals surface area contributed by atoms with E-state index in [-0.39, 0.29) is 41.8 Å². The van der Waals surface area contributed by atoms with Crippen molar-refractivity contribution in [3.8, 4) is 11.6 Å². The fourth-order valence-corrected chi connectivity index (χ4v) is 4.51. The Balaban J connectivity index is 1.57. The third kappa shape index (κ3) is 5.82. The zero-order chi connectivity index (χ0) is 23.5. The Morgan fingerprint density at radius 3 is 2.34 bits per heavy atom. The molecule has 1 aromatic heterocycles. The van der Waals surface area contributed by atoms with Gasteiger partial charge in [0.1, 0.15) is 12.4 Å². The molecular weight excluding hydrogens is 448 g/mol. The van der Waals surface area contributed by atoms with Gasteiger partial charge in [-0.25, -0.2) is 8.42 Å². The van der Waals surface area contributed by atoms with Crippen molar-refractivity contribution in [1.29, 1.82) is 0 Å². The average Bonchev–Trinajstić information content (AvgIpc) is 2.71. The van der Waals surface area contributed by atoms with E-state index >= 15 is 0 Å². The molecule has 2 aromatic rings. The molecule has 1 aliphatic heterocycles. The van der Waals surface area contributed by atoms with Crippen molar-refractivity contribution in [2.24, 2.45) is 12.2 Å². The van der Waals surface area contributed by atoms with Crippen molar-refractivity contribution in [3.05, 3.63) is 52.3 Å². The Morgan fingerprint density at radius 2 is 1.78 bits per heavy atom. The summed E-state index contributed by atoms with van der Waals surface area (Å²) in [6.07, 6.45) is -2.66. The lowest BCUT2D eigenvalue weighted by Crippen LogP contribution is -2.38. The van der Waals surface area contributed by atoms with E-state index in [0.717, 1.165) is 4.57 Å². The molecule has 1 saturated heterocycles. The molecule has 1 aliphatic rings. The SMILES string of the molecule is Cn1c(O)cc(CON=C2CCN(S(=O)(=O)c3ccc(OC(C)(F)F)cc3)CC2)cc1=O. The van der Waals surface area contributed by atoms with E-state index in [1.165, 1.54) is 47.8 Å². The predicted molar refractivity (Wildman–Crippen MR) is 111 cm³/mol. The van der Waals surface area contributed by atoms with Gasteiger partial charge in [0.05, 0.1) is 10.6 Å². The summed E-state index contributed by atoms with van der Waals surface area (Å²) in [6.45, 7) is 0.949. The number of aromatic nitrogens is 1. The molecule has 0 amide bonds. The van der Waals surface area contributed by atoms with Gasteiger partial charge < -0.3 is 14.7 Å². The fraction of sp³-hybridized carbons (Fsp3) is 0.400. The number of oxime groups is 1. The van der Waals surface area contributed by atoms with Gasteiger partial charge >= 0.3 is 6.11 Å². The third-order valence-corrected chi connectivity index (χ3v) is 6.69. The zero-order valence-corrected chi connectivity index (χ0v) is 18.3. The van der Waals surface area contributed by atoms with Gasteiger partial charge in [-0.3, -0.25) is 9.36 Å². The largest absolute Gasteiger partial charge is 0.494 e. The lowest BCUT2D eigenvalue weighted by Gasteiger charge is -2.26. The van der Waals surface area contributed by atoms with Crippen LogP contribution in [0.15, 0.2) is 51.2 Å². The second-order valence-electron chi connectivity index (χ2n) is 7.34. The van der Waals surface area contributed by atoms with Gasteiger partial charge in [0.25, 0.3) is 5.56 Å². The van der Waals surface area contributed by atoms with Gasteiger partial charge in [-0.2, -0.15) is 13.1 Å². The molecule has 12 heteroatoms. The summed E-state index contributed by atoms with van der Waals surface area (Å²) in [7, 11) is -2.35. The predicted octanol–water partition coefficient (Wildman–Crippen LogP) is 2.44. The number of halogens is 2. The average molecular weight is 471 g/mol. The molecule has 0 aliphatic carbocycles. The summed E-state index contributed by atoms with van der Waals surface area (Å²) in [6, 6.07) is 7.54. The molecule has 0 unspecified atom stereocenters. The van der Waals surface area contributed by atoms with Crippen LogP contribution in [0.3, 0.4) is 0 Å². The van der Waals surface area contributed by atoms with Gasteiger partial charge in [0.15, 0.2) is 5.88 Å². The number of sulfonamides is 1. The topological polar surface area (TPSA) is 110 Å². The molecule has 1 fully saturated rings. The molecule has 9 nitrogen and oxygen atoms in total. The van der Waals surface area contributed by atoms with Crippen LogP contribution in [-0.4, -0.2) is 47.3 Å². The highest BCUT2D eigenvalue weighted by Gasteiger charge is 2.29. The Kier molecular flexibility index (Phi) is 6.84. The van der Waals surface area contributed by atoms with Crippen LogP contribution in [-0.2, 0) is 28.5 Å². The first kappa shape index (κ1) is 23.7. The highest BCUT2D eigenvalue weighted by Crippen LogP contribution is 2.25. The van der Waals surface area contributed by atoms with Gasteiger partial charge in [0, 0.05) is 57.6 Å². The van der Waals surface area contributed by atoms with Crippen molar-refractivity contribution in [3.63, 3.8) is 0 Å². The van der Waals surface area contributed by atoms with Crippen LogP contribution >= 0.6 is 0 Å². The number of ether oxygens (including phenoxy) is 1. The van der Waals surface area contributed by atoms with E-state index in [4.69, 9.17) is 4.84 Å². The lowest BCUT2D eigenvalue weighted by atomic mass is 10.1. The second kappa shape index (κ2) is 9.25. The van der Waals surface area contributed by atoms with E-state index in [1.807, 2.05) is 0 Å². The molecular formula is C20H23F2N3O6S. The third-order valence-electron chi connectivity index (χ3n) is 4.78. The van der Waals surface area contributed by atoms with E-state index in [2.05, 4.69) is 9.89 Å². The van der Waals surface area contributed by atoms with Crippen LogP contribution in [0, 0.1) is 0 Å². The molecule has 0 spiro atoms. The Bertz CT molecular complexity index is 1150. The van der Waals surface area contributed by atoms with Crippen molar-refractivity contribution in [1.82, 2.24) is 8.87 Å². The summed E-state index contributed by atoms with van der Waals surface area (Å²) in [5.41, 5.74) is 0.749. The van der Waals surface area contributed by atoms with Crippen molar-refractivity contribution < 1.29 is 31.9 Å². The van der Waals surface area contributed by atoms with Gasteiger partial charge in [0.2, 0.25) is 10.0 Å². The first-order valence-electron chi connectivity index (χ1n) is 9.69. The first-order valence-corrected chi connectivity index (χ1v) is 11.1. The number of rotatable bonds is 7. The molecule has 0 bridgehead atoms. The summed E-state index contributed by atoms with van der Waals surface area (Å²) >= 11 is 0. The van der Waals surface area contributed by atoms with Crippen molar-refractivity contribution in [2.45, 2.75) is 37.4 Å². The van der Waals surface area contributed by atoms with Crippen LogP contribution in [0.5, 0.6) is 11.6 Å². The molecule has 0 saturated carbocycles. The highest BCUT2D eigenvalue weighted by molar-refractivity contribution is 7.89. The van der Waals surface area contributed by atoms with E-state index in [9.17, 15) is 27.1 Å².